The lowest BCUT2D eigenvalue weighted by molar-refractivity contribution is -0.132. The van der Waals surface area contributed by atoms with Crippen molar-refractivity contribution in [2.24, 2.45) is 0 Å². The predicted molar refractivity (Wildman–Crippen MR) is 119 cm³/mol. The summed E-state index contributed by atoms with van der Waals surface area (Å²) in [6.07, 6.45) is 0.804. The highest BCUT2D eigenvalue weighted by atomic mass is 35.5. The van der Waals surface area contributed by atoms with Gasteiger partial charge in [0.15, 0.2) is 0 Å². The second-order valence-corrected chi connectivity index (χ2v) is 10.5. The number of hydrogen-bond acceptors (Lipinski definition) is 4. The zero-order chi connectivity index (χ0) is 21.1. The molecule has 0 saturated heterocycles. The number of halogens is 1. The Morgan fingerprint density at radius 1 is 1.10 bits per heavy atom. The van der Waals surface area contributed by atoms with Crippen molar-refractivity contribution in [1.29, 1.82) is 0 Å². The van der Waals surface area contributed by atoms with Gasteiger partial charge in [-0.25, -0.2) is 8.42 Å². The fourth-order valence-corrected chi connectivity index (χ4v) is 6.07. The van der Waals surface area contributed by atoms with Crippen LogP contribution in [0.3, 0.4) is 0 Å². The largest absolute Gasteiger partial charge is 0.337 e. The first kappa shape index (κ1) is 21.1. The van der Waals surface area contributed by atoms with Crippen LogP contribution in [0.2, 0.25) is 5.02 Å². The van der Waals surface area contributed by atoms with Gasteiger partial charge >= 0.3 is 0 Å². The number of carbonyl (C=O) groups excluding carboxylic acids is 1. The molecule has 5 nitrogen and oxygen atoms in total. The average molecular weight is 461 g/mol. The van der Waals surface area contributed by atoms with Crippen molar-refractivity contribution in [2.75, 3.05) is 13.1 Å². The summed E-state index contributed by atoms with van der Waals surface area (Å²) >= 11 is 7.72. The maximum absolute atomic E-state index is 13.4. The minimum absolute atomic E-state index is 0.0810. The van der Waals surface area contributed by atoms with Crippen molar-refractivity contribution in [1.82, 2.24) is 9.21 Å². The molecule has 0 radical (unpaired) electrons. The number of sulfonamides is 1. The summed E-state index contributed by atoms with van der Waals surface area (Å²) < 4.78 is 28.0. The summed E-state index contributed by atoms with van der Waals surface area (Å²) in [7, 11) is -3.90. The van der Waals surface area contributed by atoms with Crippen LogP contribution in [0.1, 0.15) is 16.0 Å². The molecular formula is C22H21ClN2O3S2. The number of hydrogen-bond donors (Lipinski definition) is 0. The van der Waals surface area contributed by atoms with Crippen LogP contribution in [0.5, 0.6) is 0 Å². The summed E-state index contributed by atoms with van der Waals surface area (Å²) in [5.41, 5.74) is 1.96. The van der Waals surface area contributed by atoms with Crippen molar-refractivity contribution in [3.63, 3.8) is 0 Å². The molecule has 1 amide bonds. The van der Waals surface area contributed by atoms with Crippen molar-refractivity contribution in [3.8, 4) is 0 Å². The minimum Gasteiger partial charge on any atom is -0.337 e. The van der Waals surface area contributed by atoms with Crippen molar-refractivity contribution in [2.45, 2.75) is 24.4 Å². The smallest absolute Gasteiger partial charge is 0.243 e. The van der Waals surface area contributed by atoms with E-state index < -0.39 is 10.0 Å². The number of amides is 1. The van der Waals surface area contributed by atoms with Gasteiger partial charge in [-0.15, -0.1) is 11.3 Å². The van der Waals surface area contributed by atoms with Crippen LogP contribution in [0.25, 0.3) is 0 Å². The Bertz CT molecular complexity index is 1150. The van der Waals surface area contributed by atoms with E-state index in [1.807, 2.05) is 41.8 Å². The van der Waals surface area contributed by atoms with Gasteiger partial charge in [0, 0.05) is 29.5 Å². The molecule has 2 heterocycles. The zero-order valence-corrected chi connectivity index (χ0v) is 18.6. The Morgan fingerprint density at radius 2 is 1.90 bits per heavy atom. The Kier molecular flexibility index (Phi) is 6.24. The Morgan fingerprint density at radius 3 is 2.67 bits per heavy atom. The van der Waals surface area contributed by atoms with Gasteiger partial charge < -0.3 is 4.90 Å². The first-order valence-corrected chi connectivity index (χ1v) is 12.3. The molecule has 3 aromatic rings. The van der Waals surface area contributed by atoms with Crippen LogP contribution in [0, 0.1) is 0 Å². The second-order valence-electron chi connectivity index (χ2n) is 7.15. The monoisotopic (exact) mass is 460 g/mol. The lowest BCUT2D eigenvalue weighted by atomic mass is 10.1. The Labute approximate surface area is 185 Å². The van der Waals surface area contributed by atoms with Gasteiger partial charge in [-0.1, -0.05) is 48.0 Å². The number of rotatable bonds is 6. The van der Waals surface area contributed by atoms with Crippen molar-refractivity contribution >= 4 is 38.9 Å². The molecule has 1 aliphatic rings. The number of nitrogens with zero attached hydrogens (tertiary/aromatic N) is 2. The van der Waals surface area contributed by atoms with E-state index >= 15 is 0 Å². The third-order valence-corrected chi connectivity index (χ3v) is 8.15. The Hall–Kier alpha value is -2.19. The lowest BCUT2D eigenvalue weighted by Gasteiger charge is -2.30. The van der Waals surface area contributed by atoms with E-state index in [2.05, 4.69) is 0 Å². The highest BCUT2D eigenvalue weighted by Gasteiger charge is 2.30. The topological polar surface area (TPSA) is 57.7 Å². The van der Waals surface area contributed by atoms with Crippen LogP contribution < -0.4 is 0 Å². The van der Waals surface area contributed by atoms with E-state index in [0.29, 0.717) is 18.1 Å². The number of thiophene rings is 1. The first-order chi connectivity index (χ1) is 14.4. The number of fused-ring (bicyclic) bond motifs is 1. The molecule has 0 fully saturated rings. The standard InChI is InChI=1S/C22H21ClN2O3S2/c23-19-7-4-8-20(13-19)30(27,28)25(14-17-5-2-1-3-6-17)16-22(26)24-11-9-21-18(15-24)10-12-29-21/h1-8,10,12-13H,9,11,14-16H2. The van der Waals surface area contributed by atoms with Crippen molar-refractivity contribution in [3.05, 3.63) is 87.1 Å². The summed E-state index contributed by atoms with van der Waals surface area (Å²) in [6, 6.07) is 17.4. The normalized spacial score (nSPS) is 14.0. The maximum atomic E-state index is 13.4. The molecule has 2 aromatic carbocycles. The van der Waals surface area contributed by atoms with Gasteiger partial charge in [0.2, 0.25) is 15.9 Å². The van der Waals surface area contributed by atoms with Gasteiger partial charge in [0.25, 0.3) is 0 Å². The van der Waals surface area contributed by atoms with E-state index in [1.54, 1.807) is 28.4 Å². The van der Waals surface area contributed by atoms with E-state index in [4.69, 9.17) is 11.6 Å². The molecule has 0 N–H and O–H groups in total. The summed E-state index contributed by atoms with van der Waals surface area (Å²) in [4.78, 5) is 16.2. The van der Waals surface area contributed by atoms with E-state index in [-0.39, 0.29) is 23.9 Å². The maximum Gasteiger partial charge on any atom is 0.243 e. The third kappa shape index (κ3) is 4.59. The molecule has 4 rings (SSSR count). The molecule has 30 heavy (non-hydrogen) atoms. The number of carbonyl (C=O) groups is 1. The summed E-state index contributed by atoms with van der Waals surface area (Å²) in [5.74, 6) is -0.201. The fourth-order valence-electron chi connectivity index (χ4n) is 3.50. The molecule has 0 bridgehead atoms. The Balaban J connectivity index is 1.60. The molecule has 0 spiro atoms. The van der Waals surface area contributed by atoms with Gasteiger partial charge in [-0.3, -0.25) is 4.79 Å². The van der Waals surface area contributed by atoms with Crippen LogP contribution in [0.15, 0.2) is 70.9 Å². The number of benzene rings is 2. The van der Waals surface area contributed by atoms with Gasteiger partial charge in [0.05, 0.1) is 11.4 Å². The van der Waals surface area contributed by atoms with Crippen molar-refractivity contribution < 1.29 is 13.2 Å². The van der Waals surface area contributed by atoms with Gasteiger partial charge in [0.1, 0.15) is 0 Å². The van der Waals surface area contributed by atoms with E-state index in [9.17, 15) is 13.2 Å². The minimum atomic E-state index is -3.90. The molecule has 1 aromatic heterocycles. The molecular weight excluding hydrogens is 440 g/mol. The second kappa shape index (κ2) is 8.89. The third-order valence-electron chi connectivity index (χ3n) is 5.11. The molecule has 0 atom stereocenters. The quantitative estimate of drug-likeness (QED) is 0.554. The van der Waals surface area contributed by atoms with Crippen LogP contribution in [0.4, 0.5) is 0 Å². The molecule has 0 aliphatic carbocycles. The molecule has 0 unspecified atom stereocenters. The lowest BCUT2D eigenvalue weighted by Crippen LogP contribution is -2.44. The van der Waals surface area contributed by atoms with Crippen LogP contribution in [-0.4, -0.2) is 36.6 Å². The molecule has 0 saturated carbocycles. The SMILES string of the molecule is O=C(CN(Cc1ccccc1)S(=O)(=O)c1cccc(Cl)c1)N1CCc2sccc2C1. The molecule has 156 valence electrons. The van der Waals surface area contributed by atoms with Gasteiger partial charge in [-0.2, -0.15) is 4.31 Å². The fraction of sp³-hybridized carbons (Fsp3) is 0.227. The summed E-state index contributed by atoms with van der Waals surface area (Å²) in [5, 5.41) is 2.37. The van der Waals surface area contributed by atoms with Crippen LogP contribution >= 0.6 is 22.9 Å². The van der Waals surface area contributed by atoms with E-state index in [1.165, 1.54) is 21.3 Å². The average Bonchev–Trinajstić information content (AvgIpc) is 3.22. The van der Waals surface area contributed by atoms with Gasteiger partial charge in [-0.05, 0) is 47.2 Å². The van der Waals surface area contributed by atoms with E-state index in [0.717, 1.165) is 17.5 Å². The molecule has 1 aliphatic heterocycles. The highest BCUT2D eigenvalue weighted by Crippen LogP contribution is 2.25. The summed E-state index contributed by atoms with van der Waals surface area (Å²) in [6.45, 7) is 1.01. The zero-order valence-electron chi connectivity index (χ0n) is 16.2. The highest BCUT2D eigenvalue weighted by molar-refractivity contribution is 7.89. The molecule has 8 heteroatoms. The predicted octanol–water partition coefficient (Wildman–Crippen LogP) is 4.18. The van der Waals surface area contributed by atoms with Crippen LogP contribution in [-0.2, 0) is 34.3 Å². The first-order valence-electron chi connectivity index (χ1n) is 9.56.